The molecule has 23 heavy (non-hydrogen) atoms. The third kappa shape index (κ3) is 2.84. The average molecular weight is 413 g/mol. The molecule has 0 aliphatic rings. The van der Waals surface area contributed by atoms with Crippen molar-refractivity contribution in [2.75, 3.05) is 19.5 Å². The Bertz CT molecular complexity index is 902. The molecule has 2 aromatic carbocycles. The molecule has 0 aliphatic heterocycles. The van der Waals surface area contributed by atoms with Crippen molar-refractivity contribution in [1.29, 1.82) is 0 Å². The molecule has 1 heterocycles. The second-order valence-corrected chi connectivity index (χ2v) is 6.39. The molecule has 0 aliphatic carbocycles. The highest BCUT2D eigenvalue weighted by molar-refractivity contribution is 9.10. The number of rotatable bonds is 3. The molecule has 7 heteroatoms. The number of fused-ring (bicyclic) bond motifs is 1. The number of nitrogens with one attached hydrogen (secondary N) is 1. The van der Waals surface area contributed by atoms with Crippen molar-refractivity contribution in [2.24, 2.45) is 0 Å². The molecular weight excluding hydrogens is 401 g/mol. The summed E-state index contributed by atoms with van der Waals surface area (Å²) in [6, 6.07) is 7.45. The first kappa shape index (κ1) is 16.3. The van der Waals surface area contributed by atoms with E-state index in [0.717, 1.165) is 21.0 Å². The fraction of sp³-hybridized carbons (Fsp3) is 0.125. The van der Waals surface area contributed by atoms with Crippen LogP contribution >= 0.6 is 39.1 Å². The number of nitrogens with zero attached hydrogens (tertiary/aromatic N) is 2. The Labute approximate surface area is 151 Å². The zero-order valence-electron chi connectivity index (χ0n) is 12.3. The first-order valence-corrected chi connectivity index (χ1v) is 8.27. The Kier molecular flexibility index (Phi) is 4.62. The van der Waals surface area contributed by atoms with Gasteiger partial charge in [0.05, 0.1) is 21.6 Å². The van der Waals surface area contributed by atoms with Gasteiger partial charge in [0.2, 0.25) is 5.95 Å². The topological polar surface area (TPSA) is 47.0 Å². The van der Waals surface area contributed by atoms with Gasteiger partial charge in [-0.25, -0.2) is 9.97 Å². The van der Waals surface area contributed by atoms with E-state index >= 15 is 0 Å². The van der Waals surface area contributed by atoms with Gasteiger partial charge in [0.15, 0.2) is 5.75 Å². The van der Waals surface area contributed by atoms with Crippen LogP contribution < -0.4 is 10.1 Å². The minimum absolute atomic E-state index is 0.491. The molecule has 0 saturated heterocycles. The van der Waals surface area contributed by atoms with E-state index in [1.54, 1.807) is 26.4 Å². The lowest BCUT2D eigenvalue weighted by Gasteiger charge is -2.14. The summed E-state index contributed by atoms with van der Waals surface area (Å²) < 4.78 is 6.26. The van der Waals surface area contributed by atoms with E-state index in [1.807, 2.05) is 18.2 Å². The third-order valence-corrected chi connectivity index (χ3v) is 4.86. The average Bonchev–Trinajstić information content (AvgIpc) is 2.56. The van der Waals surface area contributed by atoms with Crippen LogP contribution in [0.2, 0.25) is 10.0 Å². The van der Waals surface area contributed by atoms with Crippen LogP contribution in [-0.4, -0.2) is 24.1 Å². The molecular formula is C16H12BrCl2N3O. The third-order valence-electron chi connectivity index (χ3n) is 3.45. The van der Waals surface area contributed by atoms with Crippen molar-refractivity contribution in [1.82, 2.24) is 9.97 Å². The molecule has 0 bridgehead atoms. The standard InChI is InChI=1S/C16H12BrCl2N3O/c1-20-16-21-7-10-9(8-4-3-5-12(18)13(8)19)6-11(17)15(23-2)14(10)22-16/h3-7H,1-2H3,(H,20,21,22). The maximum absolute atomic E-state index is 6.38. The van der Waals surface area contributed by atoms with E-state index < -0.39 is 0 Å². The summed E-state index contributed by atoms with van der Waals surface area (Å²) in [6.45, 7) is 0. The lowest BCUT2D eigenvalue weighted by molar-refractivity contribution is 0.416. The molecule has 4 nitrogen and oxygen atoms in total. The van der Waals surface area contributed by atoms with E-state index in [1.165, 1.54) is 0 Å². The summed E-state index contributed by atoms with van der Waals surface area (Å²) in [7, 11) is 3.37. The molecule has 118 valence electrons. The molecule has 3 aromatic rings. The molecule has 1 aromatic heterocycles. The summed E-state index contributed by atoms with van der Waals surface area (Å²) in [5, 5.41) is 4.74. The Balaban J connectivity index is 2.40. The SMILES string of the molecule is CNc1ncc2c(-c3cccc(Cl)c3Cl)cc(Br)c(OC)c2n1. The van der Waals surface area contributed by atoms with E-state index in [2.05, 4.69) is 31.2 Å². The summed E-state index contributed by atoms with van der Waals surface area (Å²) in [4.78, 5) is 8.81. The fourth-order valence-corrected chi connectivity index (χ4v) is 3.37. The van der Waals surface area contributed by atoms with Gasteiger partial charge >= 0.3 is 0 Å². The number of anilines is 1. The molecule has 0 unspecified atom stereocenters. The smallest absolute Gasteiger partial charge is 0.223 e. The van der Waals surface area contributed by atoms with Gasteiger partial charge in [0.25, 0.3) is 0 Å². The van der Waals surface area contributed by atoms with Crippen molar-refractivity contribution in [3.05, 3.63) is 45.0 Å². The van der Waals surface area contributed by atoms with E-state index in [4.69, 9.17) is 27.9 Å². The Morgan fingerprint density at radius 3 is 2.70 bits per heavy atom. The van der Waals surface area contributed by atoms with Gasteiger partial charge in [-0.1, -0.05) is 35.3 Å². The van der Waals surface area contributed by atoms with Gasteiger partial charge in [-0.15, -0.1) is 0 Å². The van der Waals surface area contributed by atoms with Crippen molar-refractivity contribution in [2.45, 2.75) is 0 Å². The molecule has 0 fully saturated rings. The van der Waals surface area contributed by atoms with Crippen LogP contribution in [0.3, 0.4) is 0 Å². The van der Waals surface area contributed by atoms with Crippen LogP contribution in [-0.2, 0) is 0 Å². The van der Waals surface area contributed by atoms with Gasteiger partial charge in [0.1, 0.15) is 5.52 Å². The Hall–Kier alpha value is -1.56. The maximum Gasteiger partial charge on any atom is 0.223 e. The van der Waals surface area contributed by atoms with Gasteiger partial charge in [-0.05, 0) is 33.6 Å². The van der Waals surface area contributed by atoms with Crippen molar-refractivity contribution in [3.8, 4) is 16.9 Å². The van der Waals surface area contributed by atoms with E-state index in [-0.39, 0.29) is 0 Å². The zero-order valence-corrected chi connectivity index (χ0v) is 15.4. The predicted molar refractivity (Wildman–Crippen MR) is 98.8 cm³/mol. The van der Waals surface area contributed by atoms with Gasteiger partial charge < -0.3 is 10.1 Å². The van der Waals surface area contributed by atoms with Crippen LogP contribution in [0.1, 0.15) is 0 Å². The lowest BCUT2D eigenvalue weighted by atomic mass is 10.0. The first-order chi connectivity index (χ1) is 11.1. The van der Waals surface area contributed by atoms with Crippen molar-refractivity contribution in [3.63, 3.8) is 0 Å². The Morgan fingerprint density at radius 1 is 1.22 bits per heavy atom. The molecule has 0 spiro atoms. The molecule has 0 saturated carbocycles. The van der Waals surface area contributed by atoms with Crippen LogP contribution in [0, 0.1) is 0 Å². The highest BCUT2D eigenvalue weighted by Crippen LogP contribution is 2.42. The van der Waals surface area contributed by atoms with Crippen LogP contribution in [0.5, 0.6) is 5.75 Å². The summed E-state index contributed by atoms with van der Waals surface area (Å²) in [6.07, 6.45) is 1.75. The quantitative estimate of drug-likeness (QED) is 0.624. The highest BCUT2D eigenvalue weighted by Gasteiger charge is 2.17. The highest BCUT2D eigenvalue weighted by atomic mass is 79.9. The molecule has 0 radical (unpaired) electrons. The number of ether oxygens (including phenoxy) is 1. The number of hydrogen-bond acceptors (Lipinski definition) is 4. The van der Waals surface area contributed by atoms with Crippen LogP contribution in [0.4, 0.5) is 5.95 Å². The molecule has 0 amide bonds. The van der Waals surface area contributed by atoms with Crippen molar-refractivity contribution >= 4 is 56.0 Å². The van der Waals surface area contributed by atoms with Gasteiger partial charge in [-0.2, -0.15) is 0 Å². The largest absolute Gasteiger partial charge is 0.493 e. The zero-order chi connectivity index (χ0) is 16.6. The summed E-state index contributed by atoms with van der Waals surface area (Å²) in [5.74, 6) is 1.15. The predicted octanol–water partition coefficient (Wildman–Crippen LogP) is 5.42. The summed E-state index contributed by atoms with van der Waals surface area (Å²) in [5.41, 5.74) is 2.38. The number of halogens is 3. The minimum atomic E-state index is 0.491. The van der Waals surface area contributed by atoms with Crippen molar-refractivity contribution < 1.29 is 4.74 Å². The molecule has 1 N–H and O–H groups in total. The number of hydrogen-bond donors (Lipinski definition) is 1. The lowest BCUT2D eigenvalue weighted by Crippen LogP contribution is -1.99. The Morgan fingerprint density at radius 2 is 2.00 bits per heavy atom. The van der Waals surface area contributed by atoms with E-state index in [9.17, 15) is 0 Å². The van der Waals surface area contributed by atoms with E-state index in [0.29, 0.717) is 27.3 Å². The van der Waals surface area contributed by atoms with Gasteiger partial charge in [-0.3, -0.25) is 0 Å². The van der Waals surface area contributed by atoms with Crippen LogP contribution in [0.15, 0.2) is 34.9 Å². The monoisotopic (exact) mass is 411 g/mol. The molecule has 3 rings (SSSR count). The number of aromatic nitrogens is 2. The summed E-state index contributed by atoms with van der Waals surface area (Å²) >= 11 is 16.1. The normalized spacial score (nSPS) is 10.8. The first-order valence-electron chi connectivity index (χ1n) is 6.72. The number of methoxy groups -OCH3 is 1. The second-order valence-electron chi connectivity index (χ2n) is 4.75. The maximum atomic E-state index is 6.38. The van der Waals surface area contributed by atoms with Crippen LogP contribution in [0.25, 0.3) is 22.0 Å². The van der Waals surface area contributed by atoms with Gasteiger partial charge in [0, 0.05) is 24.2 Å². The number of benzene rings is 2. The minimum Gasteiger partial charge on any atom is -0.493 e. The molecule has 0 atom stereocenters. The second kappa shape index (κ2) is 6.51. The fourth-order valence-electron chi connectivity index (χ4n) is 2.38.